The lowest BCUT2D eigenvalue weighted by Crippen LogP contribution is -1.97. The summed E-state index contributed by atoms with van der Waals surface area (Å²) in [6.07, 6.45) is 1.52. The summed E-state index contributed by atoms with van der Waals surface area (Å²) >= 11 is 2.98. The number of halogens is 2. The van der Waals surface area contributed by atoms with Crippen LogP contribution < -0.4 is 4.74 Å². The van der Waals surface area contributed by atoms with Gasteiger partial charge in [0.15, 0.2) is 11.6 Å². The van der Waals surface area contributed by atoms with Gasteiger partial charge in [-0.15, -0.1) is 0 Å². The van der Waals surface area contributed by atoms with Crippen molar-refractivity contribution in [3.63, 3.8) is 0 Å². The fourth-order valence-electron chi connectivity index (χ4n) is 0.878. The molecule has 0 spiro atoms. The van der Waals surface area contributed by atoms with Crippen LogP contribution in [0.2, 0.25) is 0 Å². The van der Waals surface area contributed by atoms with Crippen molar-refractivity contribution in [1.82, 2.24) is 0 Å². The second-order valence-corrected chi connectivity index (χ2v) is 3.24. The summed E-state index contributed by atoms with van der Waals surface area (Å²) in [5.41, 5.74) is 0.244. The highest BCUT2D eigenvalue weighted by molar-refractivity contribution is 9.10. The summed E-state index contributed by atoms with van der Waals surface area (Å²) in [7, 11) is 0. The lowest BCUT2D eigenvalue weighted by molar-refractivity contribution is 0.341. The van der Waals surface area contributed by atoms with Gasteiger partial charge in [-0.3, -0.25) is 0 Å². The number of hydrogen-bond acceptors (Lipinski definition) is 2. The highest BCUT2D eigenvalue weighted by Crippen LogP contribution is 2.28. The summed E-state index contributed by atoms with van der Waals surface area (Å²) in [6, 6.07) is 4.77. The number of ether oxygens (including phenoxy) is 1. The Morgan fingerprint density at radius 3 is 2.93 bits per heavy atom. The monoisotopic (exact) mass is 255 g/mol. The molecular formula is C10H7BrFNO. The van der Waals surface area contributed by atoms with Gasteiger partial charge in [-0.1, -0.05) is 12.7 Å². The Balaban J connectivity index is 3.05. The maximum Gasteiger partial charge on any atom is 0.180 e. The second kappa shape index (κ2) is 4.77. The van der Waals surface area contributed by atoms with Gasteiger partial charge in [-0.25, -0.2) is 4.39 Å². The molecule has 1 rings (SSSR count). The quantitative estimate of drug-likeness (QED) is 0.778. The zero-order chi connectivity index (χ0) is 10.6. The van der Waals surface area contributed by atoms with Crippen LogP contribution in [0.3, 0.4) is 0 Å². The number of nitriles is 1. The molecule has 0 amide bonds. The van der Waals surface area contributed by atoms with Crippen LogP contribution in [0, 0.1) is 17.1 Å². The van der Waals surface area contributed by atoms with Crippen LogP contribution in [0.15, 0.2) is 29.3 Å². The minimum absolute atomic E-state index is 0.107. The normalized spacial score (nSPS) is 9.21. The molecule has 14 heavy (non-hydrogen) atoms. The zero-order valence-electron chi connectivity index (χ0n) is 7.26. The lowest BCUT2D eigenvalue weighted by Gasteiger charge is -2.06. The molecule has 0 radical (unpaired) electrons. The molecule has 0 unspecified atom stereocenters. The average molecular weight is 256 g/mol. The molecule has 0 aromatic heterocycles. The molecular weight excluding hydrogens is 249 g/mol. The van der Waals surface area contributed by atoms with Crippen LogP contribution in [0.4, 0.5) is 4.39 Å². The average Bonchev–Trinajstić information content (AvgIpc) is 2.20. The van der Waals surface area contributed by atoms with Crippen LogP contribution >= 0.6 is 15.9 Å². The molecule has 0 fully saturated rings. The Kier molecular flexibility index (Phi) is 3.66. The minimum atomic E-state index is -0.564. The van der Waals surface area contributed by atoms with Crippen LogP contribution in [0.25, 0.3) is 0 Å². The van der Waals surface area contributed by atoms with Gasteiger partial charge in [0.1, 0.15) is 12.7 Å². The van der Waals surface area contributed by atoms with E-state index >= 15 is 0 Å². The van der Waals surface area contributed by atoms with E-state index in [1.807, 2.05) is 6.07 Å². The molecule has 72 valence electrons. The van der Waals surface area contributed by atoms with Gasteiger partial charge < -0.3 is 4.74 Å². The summed E-state index contributed by atoms with van der Waals surface area (Å²) in [5.74, 6) is -0.457. The topological polar surface area (TPSA) is 33.0 Å². The van der Waals surface area contributed by atoms with Crippen LogP contribution in [0.5, 0.6) is 5.75 Å². The second-order valence-electron chi connectivity index (χ2n) is 2.45. The third-order valence-corrected chi connectivity index (χ3v) is 2.30. The summed E-state index contributed by atoms with van der Waals surface area (Å²) in [6.45, 7) is 3.68. The number of nitrogens with zero attached hydrogens (tertiary/aromatic N) is 1. The van der Waals surface area contributed by atoms with Gasteiger partial charge in [-0.2, -0.15) is 5.26 Å². The van der Waals surface area contributed by atoms with E-state index in [2.05, 4.69) is 22.5 Å². The first-order valence-electron chi connectivity index (χ1n) is 3.82. The van der Waals surface area contributed by atoms with Crippen molar-refractivity contribution in [2.75, 3.05) is 6.61 Å². The molecule has 0 N–H and O–H groups in total. The Morgan fingerprint density at radius 2 is 2.36 bits per heavy atom. The van der Waals surface area contributed by atoms with Crippen molar-refractivity contribution >= 4 is 15.9 Å². The summed E-state index contributed by atoms with van der Waals surface area (Å²) in [4.78, 5) is 0. The van der Waals surface area contributed by atoms with E-state index in [-0.39, 0.29) is 22.4 Å². The molecule has 0 aliphatic rings. The summed E-state index contributed by atoms with van der Waals surface area (Å²) in [5, 5.41) is 8.61. The molecule has 0 bridgehead atoms. The first-order valence-corrected chi connectivity index (χ1v) is 4.61. The van der Waals surface area contributed by atoms with Crippen LogP contribution in [-0.4, -0.2) is 6.61 Å². The predicted molar refractivity (Wildman–Crippen MR) is 54.5 cm³/mol. The predicted octanol–water partition coefficient (Wildman–Crippen LogP) is 3.02. The van der Waals surface area contributed by atoms with E-state index in [0.717, 1.165) is 0 Å². The highest BCUT2D eigenvalue weighted by Gasteiger charge is 2.11. The SMILES string of the molecule is C=CCOc1ccc(C#N)c(Br)c1F. The van der Waals surface area contributed by atoms with Gasteiger partial charge >= 0.3 is 0 Å². The molecule has 0 saturated carbocycles. The first kappa shape index (κ1) is 10.7. The van der Waals surface area contributed by atoms with E-state index in [9.17, 15) is 4.39 Å². The highest BCUT2D eigenvalue weighted by atomic mass is 79.9. The van der Waals surface area contributed by atoms with Crippen molar-refractivity contribution in [2.45, 2.75) is 0 Å². The van der Waals surface area contributed by atoms with Crippen molar-refractivity contribution in [2.24, 2.45) is 0 Å². The lowest BCUT2D eigenvalue weighted by atomic mass is 10.2. The molecule has 0 aliphatic heterocycles. The molecule has 0 saturated heterocycles. The molecule has 2 nitrogen and oxygen atoms in total. The number of hydrogen-bond donors (Lipinski definition) is 0. The Hall–Kier alpha value is -1.34. The minimum Gasteiger partial charge on any atom is -0.486 e. The molecule has 0 atom stereocenters. The van der Waals surface area contributed by atoms with E-state index in [0.29, 0.717) is 0 Å². The van der Waals surface area contributed by atoms with E-state index in [1.54, 1.807) is 0 Å². The first-order chi connectivity index (χ1) is 6.70. The van der Waals surface area contributed by atoms with Crippen molar-refractivity contribution < 1.29 is 9.13 Å². The molecule has 1 aromatic carbocycles. The standard InChI is InChI=1S/C10H7BrFNO/c1-2-5-14-8-4-3-7(6-13)9(11)10(8)12/h2-4H,1,5H2. The Morgan fingerprint density at radius 1 is 1.64 bits per heavy atom. The maximum atomic E-state index is 13.4. The van der Waals surface area contributed by atoms with Crippen molar-refractivity contribution in [3.8, 4) is 11.8 Å². The van der Waals surface area contributed by atoms with E-state index < -0.39 is 5.82 Å². The van der Waals surface area contributed by atoms with E-state index in [1.165, 1.54) is 18.2 Å². The molecule has 0 heterocycles. The largest absolute Gasteiger partial charge is 0.486 e. The van der Waals surface area contributed by atoms with Crippen LogP contribution in [0.1, 0.15) is 5.56 Å². The van der Waals surface area contributed by atoms with Crippen LogP contribution in [-0.2, 0) is 0 Å². The Labute approximate surface area is 89.7 Å². The van der Waals surface area contributed by atoms with Gasteiger partial charge in [0.2, 0.25) is 0 Å². The van der Waals surface area contributed by atoms with E-state index in [4.69, 9.17) is 10.00 Å². The van der Waals surface area contributed by atoms with Crippen molar-refractivity contribution in [1.29, 1.82) is 5.26 Å². The van der Waals surface area contributed by atoms with Gasteiger partial charge in [0.05, 0.1) is 10.0 Å². The molecule has 1 aromatic rings. The fourth-order valence-corrected chi connectivity index (χ4v) is 1.29. The summed E-state index contributed by atoms with van der Waals surface area (Å²) < 4.78 is 18.6. The number of rotatable bonds is 3. The molecule has 4 heteroatoms. The third kappa shape index (κ3) is 2.12. The van der Waals surface area contributed by atoms with Gasteiger partial charge in [-0.05, 0) is 28.1 Å². The van der Waals surface area contributed by atoms with Crippen molar-refractivity contribution in [3.05, 3.63) is 40.6 Å². The smallest absolute Gasteiger partial charge is 0.180 e. The Bertz CT molecular complexity index is 398. The van der Waals surface area contributed by atoms with Gasteiger partial charge in [0.25, 0.3) is 0 Å². The fraction of sp³-hybridized carbons (Fsp3) is 0.100. The maximum absolute atomic E-state index is 13.4. The third-order valence-electron chi connectivity index (χ3n) is 1.52. The van der Waals surface area contributed by atoms with Gasteiger partial charge in [0, 0.05) is 0 Å². The zero-order valence-corrected chi connectivity index (χ0v) is 8.84. The number of benzene rings is 1. The molecule has 0 aliphatic carbocycles.